The maximum Gasteiger partial charge on any atom is 0.331 e. The minimum absolute atomic E-state index is 0.173. The van der Waals surface area contributed by atoms with E-state index in [1.165, 1.54) is 12.2 Å². The molecule has 1 atom stereocenters. The van der Waals surface area contributed by atoms with E-state index in [1.807, 2.05) is 91.9 Å². The van der Waals surface area contributed by atoms with E-state index in [9.17, 15) is 9.59 Å². The standard InChI is InChI=1S/C27H25NO3/c1-21-9-8-14-24(19-21)25(31-27(30)18-16-23-12-6-3-7-13-23)20-28-26(29)17-15-22-10-4-2-5-11-22/h2-19,25H,20H2,1H3,(H,28,29)/b17-15+,18-16+/t25-/m1/s1. The molecule has 4 nitrogen and oxygen atoms in total. The molecule has 0 radical (unpaired) electrons. The Bertz CT molecular complexity index is 1060. The molecule has 0 fully saturated rings. The summed E-state index contributed by atoms with van der Waals surface area (Å²) in [6.07, 6.45) is 5.72. The summed E-state index contributed by atoms with van der Waals surface area (Å²) < 4.78 is 5.66. The van der Waals surface area contributed by atoms with Gasteiger partial charge in [-0.15, -0.1) is 0 Å². The molecule has 3 rings (SSSR count). The summed E-state index contributed by atoms with van der Waals surface area (Å²) in [5.74, 6) is -0.721. The monoisotopic (exact) mass is 411 g/mol. The second-order valence-corrected chi connectivity index (χ2v) is 7.07. The number of nitrogens with one attached hydrogen (secondary N) is 1. The summed E-state index contributed by atoms with van der Waals surface area (Å²) in [5.41, 5.74) is 3.72. The highest BCUT2D eigenvalue weighted by atomic mass is 16.5. The summed E-state index contributed by atoms with van der Waals surface area (Å²) in [5, 5.41) is 2.82. The molecule has 0 bridgehead atoms. The van der Waals surface area contributed by atoms with Crippen molar-refractivity contribution in [3.8, 4) is 0 Å². The molecular formula is C27H25NO3. The van der Waals surface area contributed by atoms with Gasteiger partial charge in [-0.1, -0.05) is 90.5 Å². The van der Waals surface area contributed by atoms with Crippen LogP contribution in [-0.4, -0.2) is 18.4 Å². The number of esters is 1. The van der Waals surface area contributed by atoms with E-state index in [0.29, 0.717) is 0 Å². The number of hydrogen-bond donors (Lipinski definition) is 1. The van der Waals surface area contributed by atoms with Crippen LogP contribution in [0.1, 0.15) is 28.4 Å². The molecular weight excluding hydrogens is 386 g/mol. The summed E-state index contributed by atoms with van der Waals surface area (Å²) >= 11 is 0. The van der Waals surface area contributed by atoms with Crippen molar-refractivity contribution >= 4 is 24.0 Å². The lowest BCUT2D eigenvalue weighted by Gasteiger charge is -2.18. The van der Waals surface area contributed by atoms with Gasteiger partial charge in [0.05, 0.1) is 6.54 Å². The van der Waals surface area contributed by atoms with Gasteiger partial charge in [-0.2, -0.15) is 0 Å². The fraction of sp³-hybridized carbons (Fsp3) is 0.111. The number of carbonyl (C=O) groups is 2. The van der Waals surface area contributed by atoms with Crippen molar-refractivity contribution in [3.05, 3.63) is 119 Å². The number of carbonyl (C=O) groups excluding carboxylic acids is 2. The summed E-state index contributed by atoms with van der Waals surface area (Å²) in [7, 11) is 0. The predicted octanol–water partition coefficient (Wildman–Crippen LogP) is 5.12. The predicted molar refractivity (Wildman–Crippen MR) is 124 cm³/mol. The number of hydrogen-bond acceptors (Lipinski definition) is 3. The molecule has 0 spiro atoms. The number of amides is 1. The van der Waals surface area contributed by atoms with Crippen LogP contribution >= 0.6 is 0 Å². The highest BCUT2D eigenvalue weighted by Gasteiger charge is 2.16. The number of rotatable bonds is 8. The van der Waals surface area contributed by atoms with E-state index in [1.54, 1.807) is 12.2 Å². The minimum atomic E-state index is -0.595. The SMILES string of the molecule is Cc1cccc([C@@H](CNC(=O)/C=C/c2ccccc2)OC(=O)/C=C/c2ccccc2)c1. The fourth-order valence-corrected chi connectivity index (χ4v) is 2.99. The van der Waals surface area contributed by atoms with E-state index in [-0.39, 0.29) is 12.5 Å². The van der Waals surface area contributed by atoms with Crippen LogP contribution in [0.25, 0.3) is 12.2 Å². The topological polar surface area (TPSA) is 55.4 Å². The van der Waals surface area contributed by atoms with Crippen molar-refractivity contribution in [2.45, 2.75) is 13.0 Å². The van der Waals surface area contributed by atoms with Crippen LogP contribution in [-0.2, 0) is 14.3 Å². The molecule has 0 saturated heterocycles. The molecule has 156 valence electrons. The smallest absolute Gasteiger partial charge is 0.331 e. The van der Waals surface area contributed by atoms with Crippen LogP contribution < -0.4 is 5.32 Å². The molecule has 0 aromatic heterocycles. The molecule has 0 saturated carbocycles. The van der Waals surface area contributed by atoms with Crippen LogP contribution in [0, 0.1) is 6.92 Å². The van der Waals surface area contributed by atoms with E-state index in [2.05, 4.69) is 5.32 Å². The Morgan fingerprint density at radius 3 is 2.06 bits per heavy atom. The quantitative estimate of drug-likeness (QED) is 0.413. The van der Waals surface area contributed by atoms with Crippen molar-refractivity contribution in [1.29, 1.82) is 0 Å². The fourth-order valence-electron chi connectivity index (χ4n) is 2.99. The third-order valence-corrected chi connectivity index (χ3v) is 4.57. The summed E-state index contributed by atoms with van der Waals surface area (Å²) in [6.45, 7) is 2.14. The molecule has 0 unspecified atom stereocenters. The molecule has 0 aliphatic heterocycles. The van der Waals surface area contributed by atoms with Crippen molar-refractivity contribution < 1.29 is 14.3 Å². The van der Waals surface area contributed by atoms with Gasteiger partial charge in [0.25, 0.3) is 0 Å². The van der Waals surface area contributed by atoms with Gasteiger partial charge in [0.1, 0.15) is 6.10 Å². The van der Waals surface area contributed by atoms with Gasteiger partial charge < -0.3 is 10.1 Å². The van der Waals surface area contributed by atoms with Gasteiger partial charge in [-0.05, 0) is 35.8 Å². The highest BCUT2D eigenvalue weighted by molar-refractivity contribution is 5.91. The summed E-state index contributed by atoms with van der Waals surface area (Å²) in [4.78, 5) is 24.7. The number of benzene rings is 3. The molecule has 0 heterocycles. The first-order valence-corrected chi connectivity index (χ1v) is 10.1. The zero-order valence-corrected chi connectivity index (χ0v) is 17.4. The van der Waals surface area contributed by atoms with Gasteiger partial charge in [-0.25, -0.2) is 4.79 Å². The third kappa shape index (κ3) is 7.44. The normalized spacial score (nSPS) is 12.0. The zero-order chi connectivity index (χ0) is 21.9. The lowest BCUT2D eigenvalue weighted by molar-refractivity contribution is -0.143. The Hall–Kier alpha value is -3.92. The van der Waals surface area contributed by atoms with Gasteiger partial charge in [0, 0.05) is 12.2 Å². The van der Waals surface area contributed by atoms with E-state index >= 15 is 0 Å². The largest absolute Gasteiger partial charge is 0.452 e. The maximum absolute atomic E-state index is 12.4. The third-order valence-electron chi connectivity index (χ3n) is 4.57. The lowest BCUT2D eigenvalue weighted by atomic mass is 10.1. The first-order valence-electron chi connectivity index (χ1n) is 10.1. The average molecular weight is 412 g/mol. The Labute approximate surface area is 182 Å². The van der Waals surface area contributed by atoms with Gasteiger partial charge >= 0.3 is 5.97 Å². The average Bonchev–Trinajstić information content (AvgIpc) is 2.80. The van der Waals surface area contributed by atoms with Crippen LogP contribution in [0.15, 0.2) is 97.1 Å². The van der Waals surface area contributed by atoms with E-state index < -0.39 is 12.1 Å². The minimum Gasteiger partial charge on any atom is -0.452 e. The van der Waals surface area contributed by atoms with E-state index in [4.69, 9.17) is 4.74 Å². The molecule has 1 amide bonds. The Morgan fingerprint density at radius 2 is 1.45 bits per heavy atom. The Morgan fingerprint density at radius 1 is 0.839 bits per heavy atom. The van der Waals surface area contributed by atoms with Crippen LogP contribution in [0.5, 0.6) is 0 Å². The van der Waals surface area contributed by atoms with Gasteiger partial charge in [0.15, 0.2) is 0 Å². The van der Waals surface area contributed by atoms with Crippen molar-refractivity contribution in [2.75, 3.05) is 6.54 Å². The van der Waals surface area contributed by atoms with Gasteiger partial charge in [-0.3, -0.25) is 4.79 Å². The number of aryl methyl sites for hydroxylation is 1. The second-order valence-electron chi connectivity index (χ2n) is 7.07. The molecule has 0 aliphatic carbocycles. The van der Waals surface area contributed by atoms with Crippen molar-refractivity contribution in [3.63, 3.8) is 0 Å². The van der Waals surface area contributed by atoms with Crippen LogP contribution in [0.2, 0.25) is 0 Å². The zero-order valence-electron chi connectivity index (χ0n) is 17.4. The lowest BCUT2D eigenvalue weighted by Crippen LogP contribution is -2.29. The van der Waals surface area contributed by atoms with Crippen molar-refractivity contribution in [2.24, 2.45) is 0 Å². The first-order chi connectivity index (χ1) is 15.1. The summed E-state index contributed by atoms with van der Waals surface area (Å²) in [6, 6.07) is 26.8. The first kappa shape index (κ1) is 21.8. The molecule has 1 N–H and O–H groups in total. The molecule has 3 aromatic carbocycles. The van der Waals surface area contributed by atoms with Crippen molar-refractivity contribution in [1.82, 2.24) is 5.32 Å². The highest BCUT2D eigenvalue weighted by Crippen LogP contribution is 2.19. The van der Waals surface area contributed by atoms with E-state index in [0.717, 1.165) is 22.3 Å². The molecule has 31 heavy (non-hydrogen) atoms. The maximum atomic E-state index is 12.4. The molecule has 3 aromatic rings. The second kappa shape index (κ2) is 11.3. The Balaban J connectivity index is 1.65. The number of ether oxygens (including phenoxy) is 1. The Kier molecular flexibility index (Phi) is 7.95. The molecule has 4 heteroatoms. The molecule has 0 aliphatic rings. The van der Waals surface area contributed by atoms with Crippen LogP contribution in [0.4, 0.5) is 0 Å². The van der Waals surface area contributed by atoms with Crippen LogP contribution in [0.3, 0.4) is 0 Å². The van der Waals surface area contributed by atoms with Gasteiger partial charge in [0.2, 0.25) is 5.91 Å².